The van der Waals surface area contributed by atoms with Gasteiger partial charge in [0.05, 0.1) is 0 Å². The Morgan fingerprint density at radius 3 is 2.73 bits per heavy atom. The van der Waals surface area contributed by atoms with E-state index < -0.39 is 0 Å². The first kappa shape index (κ1) is 10.6. The summed E-state index contributed by atoms with van der Waals surface area (Å²) < 4.78 is 10.4. The molecule has 5 nitrogen and oxygen atoms in total. The lowest BCUT2D eigenvalue weighted by molar-refractivity contribution is 0.109. The Hall–Kier alpha value is -0.940. The van der Waals surface area contributed by atoms with E-state index in [0.717, 1.165) is 19.0 Å². The normalized spacial score (nSPS) is 21.0. The third-order valence-corrected chi connectivity index (χ3v) is 3.08. The molecule has 1 aromatic rings. The maximum atomic E-state index is 5.24. The number of nitrogens with one attached hydrogen (secondary N) is 1. The van der Waals surface area contributed by atoms with E-state index in [0.29, 0.717) is 17.7 Å². The summed E-state index contributed by atoms with van der Waals surface area (Å²) in [6, 6.07) is 0. The molecule has 0 amide bonds. The number of rotatable bonds is 4. The molecule has 1 aromatic heterocycles. The fraction of sp³-hybridized carbons (Fsp3) is 0.800. The van der Waals surface area contributed by atoms with Crippen LogP contribution in [0.4, 0.5) is 0 Å². The van der Waals surface area contributed by atoms with E-state index >= 15 is 0 Å². The number of hydrogen-bond acceptors (Lipinski definition) is 5. The largest absolute Gasteiger partial charge is 0.374 e. The van der Waals surface area contributed by atoms with Gasteiger partial charge in [0.1, 0.15) is 6.10 Å². The molecule has 0 saturated carbocycles. The second-order valence-corrected chi connectivity index (χ2v) is 4.08. The quantitative estimate of drug-likeness (QED) is 0.808. The van der Waals surface area contributed by atoms with Gasteiger partial charge in [-0.15, -0.1) is 0 Å². The molecule has 2 heterocycles. The van der Waals surface area contributed by atoms with E-state index in [9.17, 15) is 0 Å². The molecular formula is C10H17N3O2. The number of methoxy groups -OCH3 is 1. The van der Waals surface area contributed by atoms with E-state index in [-0.39, 0.29) is 6.10 Å². The zero-order chi connectivity index (χ0) is 10.8. The van der Waals surface area contributed by atoms with Crippen LogP contribution in [0.5, 0.6) is 0 Å². The van der Waals surface area contributed by atoms with Crippen LogP contribution in [0.3, 0.4) is 0 Å². The highest BCUT2D eigenvalue weighted by Crippen LogP contribution is 2.26. The Bertz CT molecular complexity index is 322. The van der Waals surface area contributed by atoms with Crippen molar-refractivity contribution in [3.8, 4) is 0 Å². The highest BCUT2D eigenvalue weighted by molar-refractivity contribution is 4.99. The molecule has 0 bridgehead atoms. The van der Waals surface area contributed by atoms with E-state index in [2.05, 4.69) is 22.4 Å². The van der Waals surface area contributed by atoms with E-state index in [1.807, 2.05) is 6.92 Å². The lowest BCUT2D eigenvalue weighted by atomic mass is 9.89. The van der Waals surface area contributed by atoms with Gasteiger partial charge in [-0.2, -0.15) is 4.98 Å². The van der Waals surface area contributed by atoms with E-state index in [1.54, 1.807) is 7.11 Å². The summed E-state index contributed by atoms with van der Waals surface area (Å²) >= 11 is 0. The molecule has 84 valence electrons. The zero-order valence-electron chi connectivity index (χ0n) is 9.36. The van der Waals surface area contributed by atoms with Crippen LogP contribution in [0.1, 0.15) is 37.6 Å². The van der Waals surface area contributed by atoms with Crippen molar-refractivity contribution >= 4 is 0 Å². The molecule has 1 saturated heterocycles. The van der Waals surface area contributed by atoms with Crippen LogP contribution in [-0.4, -0.2) is 30.3 Å². The number of aromatic nitrogens is 2. The molecule has 5 heteroatoms. The highest BCUT2D eigenvalue weighted by Gasteiger charge is 2.29. The van der Waals surface area contributed by atoms with Crippen LogP contribution in [-0.2, 0) is 4.74 Å². The summed E-state index contributed by atoms with van der Waals surface area (Å²) in [5.41, 5.74) is 0. The van der Waals surface area contributed by atoms with Crippen LogP contribution in [0.15, 0.2) is 4.52 Å². The van der Waals surface area contributed by atoms with Gasteiger partial charge in [0.15, 0.2) is 5.82 Å². The first-order valence-corrected chi connectivity index (χ1v) is 5.29. The number of ether oxygens (including phenoxy) is 1. The number of hydrogen-bond donors (Lipinski definition) is 1. The van der Waals surface area contributed by atoms with Crippen molar-refractivity contribution in [3.63, 3.8) is 0 Å². The fourth-order valence-electron chi connectivity index (χ4n) is 1.57. The topological polar surface area (TPSA) is 60.2 Å². The smallest absolute Gasteiger partial charge is 0.229 e. The van der Waals surface area contributed by atoms with Gasteiger partial charge < -0.3 is 14.6 Å². The summed E-state index contributed by atoms with van der Waals surface area (Å²) in [7, 11) is 1.64. The Labute approximate surface area is 89.2 Å². The Morgan fingerprint density at radius 1 is 1.47 bits per heavy atom. The van der Waals surface area contributed by atoms with Crippen molar-refractivity contribution in [2.75, 3.05) is 20.2 Å². The number of nitrogens with zero attached hydrogens (tertiary/aromatic N) is 2. The SMILES string of the molecule is COC(C)c1noc(C(C)C2CNC2)n1. The molecule has 1 fully saturated rings. The van der Waals surface area contributed by atoms with Crippen molar-refractivity contribution in [1.29, 1.82) is 0 Å². The second kappa shape index (κ2) is 4.28. The molecule has 1 aliphatic heterocycles. The average molecular weight is 211 g/mol. The lowest BCUT2D eigenvalue weighted by Gasteiger charge is -2.30. The van der Waals surface area contributed by atoms with Crippen LogP contribution in [0.25, 0.3) is 0 Å². The van der Waals surface area contributed by atoms with Gasteiger partial charge in [0.2, 0.25) is 5.89 Å². The Morgan fingerprint density at radius 2 is 2.20 bits per heavy atom. The molecule has 2 rings (SSSR count). The summed E-state index contributed by atoms with van der Waals surface area (Å²) in [6.07, 6.45) is -0.103. The molecule has 1 N–H and O–H groups in total. The fourth-order valence-corrected chi connectivity index (χ4v) is 1.57. The Kier molecular flexibility index (Phi) is 3.02. The third-order valence-electron chi connectivity index (χ3n) is 3.08. The maximum Gasteiger partial charge on any atom is 0.229 e. The molecule has 0 aromatic carbocycles. The van der Waals surface area contributed by atoms with E-state index in [1.165, 1.54) is 0 Å². The van der Waals surface area contributed by atoms with Crippen molar-refractivity contribution in [2.24, 2.45) is 5.92 Å². The van der Waals surface area contributed by atoms with Gasteiger partial charge in [0.25, 0.3) is 0 Å². The third kappa shape index (κ3) is 2.03. The van der Waals surface area contributed by atoms with Gasteiger partial charge in [-0.3, -0.25) is 0 Å². The van der Waals surface area contributed by atoms with Gasteiger partial charge in [-0.25, -0.2) is 0 Å². The highest BCUT2D eigenvalue weighted by atomic mass is 16.5. The monoisotopic (exact) mass is 211 g/mol. The Balaban J connectivity index is 2.05. The van der Waals surface area contributed by atoms with Gasteiger partial charge in [-0.05, 0) is 25.9 Å². The summed E-state index contributed by atoms with van der Waals surface area (Å²) in [5, 5.41) is 7.16. The van der Waals surface area contributed by atoms with Crippen LogP contribution in [0.2, 0.25) is 0 Å². The molecule has 15 heavy (non-hydrogen) atoms. The van der Waals surface area contributed by atoms with Crippen LogP contribution < -0.4 is 5.32 Å². The molecule has 2 atom stereocenters. The zero-order valence-corrected chi connectivity index (χ0v) is 9.36. The van der Waals surface area contributed by atoms with Gasteiger partial charge in [0, 0.05) is 13.0 Å². The molecule has 0 aliphatic carbocycles. The van der Waals surface area contributed by atoms with Crippen LogP contribution in [0, 0.1) is 5.92 Å². The van der Waals surface area contributed by atoms with Crippen molar-refractivity contribution < 1.29 is 9.26 Å². The minimum absolute atomic E-state index is 0.103. The molecule has 0 spiro atoms. The minimum atomic E-state index is -0.103. The molecule has 1 aliphatic rings. The van der Waals surface area contributed by atoms with Crippen LogP contribution >= 0.6 is 0 Å². The predicted molar refractivity (Wildman–Crippen MR) is 54.5 cm³/mol. The summed E-state index contributed by atoms with van der Waals surface area (Å²) in [5.74, 6) is 2.31. The minimum Gasteiger partial charge on any atom is -0.374 e. The van der Waals surface area contributed by atoms with Crippen molar-refractivity contribution in [2.45, 2.75) is 25.9 Å². The second-order valence-electron chi connectivity index (χ2n) is 4.08. The summed E-state index contributed by atoms with van der Waals surface area (Å²) in [6.45, 7) is 6.11. The van der Waals surface area contributed by atoms with Gasteiger partial charge >= 0.3 is 0 Å². The molecule has 2 unspecified atom stereocenters. The molecular weight excluding hydrogens is 194 g/mol. The first-order chi connectivity index (χ1) is 7.22. The van der Waals surface area contributed by atoms with E-state index in [4.69, 9.17) is 9.26 Å². The average Bonchev–Trinajstić information content (AvgIpc) is 2.62. The molecule has 0 radical (unpaired) electrons. The standard InChI is InChI=1S/C10H17N3O2/c1-6(8-4-11-5-8)10-12-9(13-15-10)7(2)14-3/h6-8,11H,4-5H2,1-3H3. The predicted octanol–water partition coefficient (Wildman–Crippen LogP) is 1.10. The van der Waals surface area contributed by atoms with Gasteiger partial charge in [-0.1, -0.05) is 12.1 Å². The maximum absolute atomic E-state index is 5.24. The summed E-state index contributed by atoms with van der Waals surface area (Å²) in [4.78, 5) is 4.35. The lowest BCUT2D eigenvalue weighted by Crippen LogP contribution is -2.44. The van der Waals surface area contributed by atoms with Crippen molar-refractivity contribution in [3.05, 3.63) is 11.7 Å². The first-order valence-electron chi connectivity index (χ1n) is 5.29. The van der Waals surface area contributed by atoms with Crippen molar-refractivity contribution in [1.82, 2.24) is 15.5 Å².